The fraction of sp³-hybridized carbons (Fsp3) is 0.357. The fourth-order valence-corrected chi connectivity index (χ4v) is 2.84. The number of carbonyl (C=O) groups excluding carboxylic acids is 1. The number of carbonyl (C=O) groups is 1. The summed E-state index contributed by atoms with van der Waals surface area (Å²) in [6, 6.07) is 5.95. The third-order valence-corrected chi connectivity index (χ3v) is 4.20. The van der Waals surface area contributed by atoms with Crippen LogP contribution in [0.1, 0.15) is 16.1 Å². The van der Waals surface area contributed by atoms with Crippen molar-refractivity contribution in [2.45, 2.75) is 19.8 Å². The van der Waals surface area contributed by atoms with Crippen molar-refractivity contribution in [2.24, 2.45) is 0 Å². The average molecular weight is 289 g/mol. The third kappa shape index (κ3) is 2.51. The largest absolute Gasteiger partial charge is 0.493 e. The number of hydrogen-bond acceptors (Lipinski definition) is 5. The summed E-state index contributed by atoms with van der Waals surface area (Å²) >= 11 is 1.42. The maximum Gasteiger partial charge on any atom is 0.232 e. The molecule has 104 valence electrons. The van der Waals surface area contributed by atoms with Crippen molar-refractivity contribution in [2.75, 3.05) is 18.6 Å². The van der Waals surface area contributed by atoms with Crippen molar-refractivity contribution in [3.63, 3.8) is 0 Å². The van der Waals surface area contributed by atoms with Gasteiger partial charge in [0.1, 0.15) is 10.8 Å². The van der Waals surface area contributed by atoms with E-state index in [9.17, 15) is 4.79 Å². The van der Waals surface area contributed by atoms with E-state index in [2.05, 4.69) is 16.3 Å². The molecular weight excluding hydrogens is 274 g/mol. The first-order valence-electron chi connectivity index (χ1n) is 6.45. The number of aromatic nitrogens is 2. The van der Waals surface area contributed by atoms with Gasteiger partial charge in [-0.3, -0.25) is 9.69 Å². The van der Waals surface area contributed by atoms with Gasteiger partial charge in [-0.15, -0.1) is 10.2 Å². The van der Waals surface area contributed by atoms with E-state index in [0.717, 1.165) is 29.3 Å². The number of hydrogen-bond donors (Lipinski definition) is 0. The number of ether oxygens (including phenoxy) is 1. The van der Waals surface area contributed by atoms with Crippen molar-refractivity contribution in [1.29, 1.82) is 0 Å². The van der Waals surface area contributed by atoms with Crippen molar-refractivity contribution in [1.82, 2.24) is 10.2 Å². The lowest BCUT2D eigenvalue weighted by molar-refractivity contribution is -0.117. The first kappa shape index (κ1) is 13.1. The summed E-state index contributed by atoms with van der Waals surface area (Å²) in [5, 5.41) is 9.41. The van der Waals surface area contributed by atoms with Crippen LogP contribution in [0.3, 0.4) is 0 Å². The molecule has 1 aliphatic rings. The highest BCUT2D eigenvalue weighted by Crippen LogP contribution is 2.26. The first-order valence-corrected chi connectivity index (χ1v) is 7.26. The van der Waals surface area contributed by atoms with Crippen LogP contribution in [0.15, 0.2) is 18.2 Å². The number of anilines is 1. The van der Waals surface area contributed by atoms with E-state index in [1.54, 1.807) is 11.9 Å². The molecule has 0 aliphatic carbocycles. The third-order valence-electron chi connectivity index (χ3n) is 3.29. The maximum atomic E-state index is 12.3. The van der Waals surface area contributed by atoms with Gasteiger partial charge in [-0.05, 0) is 24.1 Å². The van der Waals surface area contributed by atoms with Gasteiger partial charge in [-0.25, -0.2) is 0 Å². The van der Waals surface area contributed by atoms with Crippen LogP contribution in [0.25, 0.3) is 0 Å². The molecule has 0 spiro atoms. The van der Waals surface area contributed by atoms with E-state index in [-0.39, 0.29) is 5.91 Å². The SMILES string of the molecule is Cc1nnc(N(C)C(=O)Cc2ccc3c(c2)CCO3)s1. The molecule has 0 bridgehead atoms. The number of amides is 1. The number of aryl methyl sites for hydroxylation is 1. The summed E-state index contributed by atoms with van der Waals surface area (Å²) in [7, 11) is 1.73. The molecule has 1 amide bonds. The van der Waals surface area contributed by atoms with Crippen LogP contribution < -0.4 is 9.64 Å². The molecule has 1 aromatic heterocycles. The summed E-state index contributed by atoms with van der Waals surface area (Å²) in [6.07, 6.45) is 1.28. The highest BCUT2D eigenvalue weighted by Gasteiger charge is 2.17. The molecule has 0 atom stereocenters. The molecule has 1 aromatic carbocycles. The molecule has 0 N–H and O–H groups in total. The number of benzene rings is 1. The molecule has 0 radical (unpaired) electrons. The standard InChI is InChI=1S/C14H15N3O2S/c1-9-15-16-14(20-9)17(2)13(18)8-10-3-4-12-11(7-10)5-6-19-12/h3-4,7H,5-6,8H2,1-2H3. The van der Waals surface area contributed by atoms with Crippen LogP contribution in [-0.2, 0) is 17.6 Å². The maximum absolute atomic E-state index is 12.3. The van der Waals surface area contributed by atoms with Gasteiger partial charge in [0.25, 0.3) is 0 Å². The Kier molecular flexibility index (Phi) is 3.40. The van der Waals surface area contributed by atoms with Crippen molar-refractivity contribution in [3.05, 3.63) is 34.3 Å². The minimum atomic E-state index is 0.0139. The highest BCUT2D eigenvalue weighted by atomic mass is 32.1. The van der Waals surface area contributed by atoms with Gasteiger partial charge in [0.05, 0.1) is 13.0 Å². The van der Waals surface area contributed by atoms with Crippen LogP contribution in [0.2, 0.25) is 0 Å². The Morgan fingerprint density at radius 1 is 1.45 bits per heavy atom. The fourth-order valence-electron chi connectivity index (χ4n) is 2.17. The van der Waals surface area contributed by atoms with E-state index in [1.165, 1.54) is 16.9 Å². The van der Waals surface area contributed by atoms with Gasteiger partial charge in [0.2, 0.25) is 11.0 Å². The van der Waals surface area contributed by atoms with Crippen LogP contribution in [-0.4, -0.2) is 29.8 Å². The zero-order chi connectivity index (χ0) is 14.1. The van der Waals surface area contributed by atoms with Gasteiger partial charge in [0.15, 0.2) is 0 Å². The van der Waals surface area contributed by atoms with Crippen molar-refractivity contribution >= 4 is 22.4 Å². The summed E-state index contributed by atoms with van der Waals surface area (Å²) in [6.45, 7) is 2.61. The summed E-state index contributed by atoms with van der Waals surface area (Å²) in [4.78, 5) is 13.8. The van der Waals surface area contributed by atoms with Gasteiger partial charge in [-0.1, -0.05) is 23.5 Å². The predicted octanol–water partition coefficient (Wildman–Crippen LogP) is 1.99. The molecule has 2 aromatic rings. The van der Waals surface area contributed by atoms with Crippen molar-refractivity contribution in [3.8, 4) is 5.75 Å². The molecule has 5 nitrogen and oxygen atoms in total. The number of rotatable bonds is 3. The van der Waals surface area contributed by atoms with E-state index >= 15 is 0 Å². The molecule has 0 unspecified atom stereocenters. The summed E-state index contributed by atoms with van der Waals surface area (Å²) < 4.78 is 5.47. The van der Waals surface area contributed by atoms with Crippen LogP contribution in [0, 0.1) is 6.92 Å². The lowest BCUT2D eigenvalue weighted by atomic mass is 10.1. The first-order chi connectivity index (χ1) is 9.63. The Balaban J connectivity index is 1.72. The molecule has 3 rings (SSSR count). The monoisotopic (exact) mass is 289 g/mol. The normalized spacial score (nSPS) is 12.9. The Bertz CT molecular complexity index is 654. The Hall–Kier alpha value is -1.95. The highest BCUT2D eigenvalue weighted by molar-refractivity contribution is 7.15. The lowest BCUT2D eigenvalue weighted by Crippen LogP contribution is -2.27. The van der Waals surface area contributed by atoms with Crippen molar-refractivity contribution < 1.29 is 9.53 Å². The van der Waals surface area contributed by atoms with E-state index < -0.39 is 0 Å². The average Bonchev–Trinajstić information content (AvgIpc) is 3.05. The molecule has 1 aliphatic heterocycles. The molecule has 6 heteroatoms. The van der Waals surface area contributed by atoms with Gasteiger partial charge < -0.3 is 4.74 Å². The van der Waals surface area contributed by atoms with Crippen LogP contribution >= 0.6 is 11.3 Å². The van der Waals surface area contributed by atoms with Gasteiger partial charge in [-0.2, -0.15) is 0 Å². The molecule has 2 heterocycles. The number of nitrogens with zero attached hydrogens (tertiary/aromatic N) is 3. The molecular formula is C14H15N3O2S. The number of likely N-dealkylation sites (N-methyl/N-ethyl adjacent to an activating group) is 1. The predicted molar refractivity (Wildman–Crippen MR) is 77.4 cm³/mol. The van der Waals surface area contributed by atoms with Gasteiger partial charge >= 0.3 is 0 Å². The quantitative estimate of drug-likeness (QED) is 0.867. The van der Waals surface area contributed by atoms with E-state index in [0.29, 0.717) is 11.6 Å². The number of fused-ring (bicyclic) bond motifs is 1. The Morgan fingerprint density at radius 3 is 3.05 bits per heavy atom. The minimum absolute atomic E-state index is 0.0139. The molecule has 0 saturated carbocycles. The smallest absolute Gasteiger partial charge is 0.232 e. The molecule has 0 fully saturated rings. The summed E-state index contributed by atoms with van der Waals surface area (Å²) in [5.74, 6) is 0.953. The van der Waals surface area contributed by atoms with Crippen LogP contribution in [0.5, 0.6) is 5.75 Å². The minimum Gasteiger partial charge on any atom is -0.493 e. The molecule has 20 heavy (non-hydrogen) atoms. The zero-order valence-corrected chi connectivity index (χ0v) is 12.2. The Labute approximate surface area is 121 Å². The Morgan fingerprint density at radius 2 is 2.30 bits per heavy atom. The topological polar surface area (TPSA) is 55.3 Å². The van der Waals surface area contributed by atoms with E-state index in [4.69, 9.17) is 4.74 Å². The lowest BCUT2D eigenvalue weighted by Gasteiger charge is -2.13. The molecule has 0 saturated heterocycles. The second-order valence-corrected chi connectivity index (χ2v) is 5.93. The zero-order valence-electron chi connectivity index (χ0n) is 11.4. The van der Waals surface area contributed by atoms with Gasteiger partial charge in [0, 0.05) is 13.5 Å². The summed E-state index contributed by atoms with van der Waals surface area (Å²) in [5.41, 5.74) is 2.19. The van der Waals surface area contributed by atoms with E-state index in [1.807, 2.05) is 19.1 Å². The van der Waals surface area contributed by atoms with Crippen LogP contribution in [0.4, 0.5) is 5.13 Å². The second-order valence-electron chi connectivity index (χ2n) is 4.77. The second kappa shape index (κ2) is 5.20.